The Bertz CT molecular complexity index is 530. The minimum Gasteiger partial charge on any atom is -0.373 e. The lowest BCUT2D eigenvalue weighted by Gasteiger charge is -2.03. The summed E-state index contributed by atoms with van der Waals surface area (Å²) in [5, 5.41) is 11.7. The number of nitriles is 1. The summed E-state index contributed by atoms with van der Waals surface area (Å²) in [6.07, 6.45) is 3.34. The van der Waals surface area contributed by atoms with Crippen molar-refractivity contribution in [2.24, 2.45) is 0 Å². The van der Waals surface area contributed by atoms with Gasteiger partial charge >= 0.3 is 0 Å². The highest BCUT2D eigenvalue weighted by molar-refractivity contribution is 5.57. The lowest BCUT2D eigenvalue weighted by molar-refractivity contribution is 1.13. The van der Waals surface area contributed by atoms with Crippen LogP contribution >= 0.6 is 0 Å². The summed E-state index contributed by atoms with van der Waals surface area (Å²) < 4.78 is 0. The Balaban J connectivity index is 2.54. The van der Waals surface area contributed by atoms with Crippen LogP contribution in [0.5, 0.6) is 0 Å². The number of anilines is 1. The van der Waals surface area contributed by atoms with Gasteiger partial charge in [0.1, 0.15) is 17.6 Å². The highest BCUT2D eigenvalue weighted by atomic mass is 15.0. The number of hydrogen-bond acceptors (Lipinski definition) is 5. The molecule has 0 unspecified atom stereocenters. The molecule has 2 heterocycles. The van der Waals surface area contributed by atoms with Gasteiger partial charge in [0.2, 0.25) is 0 Å². The van der Waals surface area contributed by atoms with Gasteiger partial charge in [-0.1, -0.05) is 0 Å². The average Bonchev–Trinajstić information content (AvgIpc) is 2.39. The van der Waals surface area contributed by atoms with Crippen LogP contribution in [0.15, 0.2) is 30.6 Å². The van der Waals surface area contributed by atoms with E-state index in [9.17, 15) is 0 Å². The van der Waals surface area contributed by atoms with Crippen molar-refractivity contribution in [3.63, 3.8) is 0 Å². The molecule has 0 saturated heterocycles. The molecule has 78 valence electrons. The van der Waals surface area contributed by atoms with Crippen LogP contribution in [-0.4, -0.2) is 22.0 Å². The van der Waals surface area contributed by atoms with Gasteiger partial charge in [0.15, 0.2) is 5.82 Å². The van der Waals surface area contributed by atoms with E-state index < -0.39 is 0 Å². The molecule has 0 saturated carbocycles. The Morgan fingerprint density at radius 3 is 2.88 bits per heavy atom. The smallest absolute Gasteiger partial charge is 0.164 e. The molecule has 16 heavy (non-hydrogen) atoms. The van der Waals surface area contributed by atoms with E-state index in [-0.39, 0.29) is 0 Å². The number of aromatic nitrogens is 3. The largest absolute Gasteiger partial charge is 0.373 e. The molecule has 0 bridgehead atoms. The quantitative estimate of drug-likeness (QED) is 0.813. The molecule has 0 aliphatic rings. The lowest BCUT2D eigenvalue weighted by Crippen LogP contribution is -1.99. The summed E-state index contributed by atoms with van der Waals surface area (Å²) in [6.45, 7) is 0. The van der Waals surface area contributed by atoms with Gasteiger partial charge in [0.05, 0.1) is 0 Å². The number of nitrogens with one attached hydrogen (secondary N) is 1. The predicted octanol–water partition coefficient (Wildman–Crippen LogP) is 1.45. The first-order valence-corrected chi connectivity index (χ1v) is 4.71. The van der Waals surface area contributed by atoms with E-state index in [1.54, 1.807) is 31.6 Å². The molecule has 0 spiro atoms. The van der Waals surface area contributed by atoms with E-state index in [4.69, 9.17) is 5.26 Å². The molecule has 0 radical (unpaired) electrons. The van der Waals surface area contributed by atoms with Crippen molar-refractivity contribution >= 4 is 5.82 Å². The fourth-order valence-corrected chi connectivity index (χ4v) is 1.26. The van der Waals surface area contributed by atoms with E-state index in [1.165, 1.54) is 0 Å². The van der Waals surface area contributed by atoms with E-state index in [0.717, 1.165) is 5.56 Å². The van der Waals surface area contributed by atoms with Gasteiger partial charge in [0, 0.05) is 31.1 Å². The summed E-state index contributed by atoms with van der Waals surface area (Å²) in [7, 11) is 1.75. The summed E-state index contributed by atoms with van der Waals surface area (Å²) in [5.74, 6) is 1.11. The Morgan fingerprint density at radius 1 is 1.38 bits per heavy atom. The summed E-state index contributed by atoms with van der Waals surface area (Å²) in [5.41, 5.74) is 1.12. The molecule has 0 amide bonds. The average molecular weight is 211 g/mol. The molecular weight excluding hydrogens is 202 g/mol. The van der Waals surface area contributed by atoms with Gasteiger partial charge in [-0.05, 0) is 12.1 Å². The van der Waals surface area contributed by atoms with E-state index in [0.29, 0.717) is 17.3 Å². The second-order valence-electron chi connectivity index (χ2n) is 3.07. The summed E-state index contributed by atoms with van der Waals surface area (Å²) >= 11 is 0. The highest BCUT2D eigenvalue weighted by Crippen LogP contribution is 2.16. The molecule has 0 fully saturated rings. The van der Waals surface area contributed by atoms with Crippen molar-refractivity contribution in [2.45, 2.75) is 0 Å². The van der Waals surface area contributed by atoms with Crippen LogP contribution in [0.25, 0.3) is 11.4 Å². The van der Waals surface area contributed by atoms with Gasteiger partial charge in [-0.2, -0.15) is 5.26 Å². The van der Waals surface area contributed by atoms with Gasteiger partial charge in [-0.25, -0.2) is 9.97 Å². The first kappa shape index (κ1) is 10.1. The fourth-order valence-electron chi connectivity index (χ4n) is 1.26. The van der Waals surface area contributed by atoms with E-state index >= 15 is 0 Å². The highest BCUT2D eigenvalue weighted by Gasteiger charge is 2.05. The van der Waals surface area contributed by atoms with E-state index in [1.807, 2.05) is 12.1 Å². The van der Waals surface area contributed by atoms with Gasteiger partial charge in [-0.3, -0.25) is 4.98 Å². The second kappa shape index (κ2) is 4.36. The molecule has 0 aliphatic carbocycles. The van der Waals surface area contributed by atoms with Crippen molar-refractivity contribution in [3.8, 4) is 17.5 Å². The molecule has 5 heteroatoms. The Morgan fingerprint density at radius 2 is 2.25 bits per heavy atom. The molecule has 2 aromatic heterocycles. The second-order valence-corrected chi connectivity index (χ2v) is 3.07. The number of rotatable bonds is 2. The maximum Gasteiger partial charge on any atom is 0.164 e. The monoisotopic (exact) mass is 211 g/mol. The number of pyridine rings is 1. The van der Waals surface area contributed by atoms with Crippen LogP contribution in [0.4, 0.5) is 5.82 Å². The van der Waals surface area contributed by atoms with Crippen molar-refractivity contribution < 1.29 is 0 Å². The Labute approximate surface area is 92.8 Å². The van der Waals surface area contributed by atoms with Crippen molar-refractivity contribution in [1.29, 1.82) is 5.26 Å². The first-order valence-electron chi connectivity index (χ1n) is 4.71. The van der Waals surface area contributed by atoms with Crippen LogP contribution in [0, 0.1) is 11.3 Å². The van der Waals surface area contributed by atoms with Crippen molar-refractivity contribution in [1.82, 2.24) is 15.0 Å². The standard InChI is InChI=1S/C11H9N5/c1-13-10-5-9(6-12)15-11(16-10)8-3-2-4-14-7-8/h2-5,7H,1H3,(H,13,15,16). The molecular formula is C11H9N5. The van der Waals surface area contributed by atoms with Crippen LogP contribution in [0.3, 0.4) is 0 Å². The molecule has 0 atom stereocenters. The molecule has 0 aromatic carbocycles. The third-order valence-electron chi connectivity index (χ3n) is 2.02. The van der Waals surface area contributed by atoms with Gasteiger partial charge in [0.25, 0.3) is 0 Å². The lowest BCUT2D eigenvalue weighted by atomic mass is 10.2. The van der Waals surface area contributed by atoms with Crippen LogP contribution in [-0.2, 0) is 0 Å². The normalized spacial score (nSPS) is 9.50. The zero-order valence-corrected chi connectivity index (χ0v) is 8.68. The van der Waals surface area contributed by atoms with Gasteiger partial charge in [-0.15, -0.1) is 0 Å². The zero-order chi connectivity index (χ0) is 11.4. The third kappa shape index (κ3) is 1.96. The van der Waals surface area contributed by atoms with Crippen molar-refractivity contribution in [3.05, 3.63) is 36.3 Å². The zero-order valence-electron chi connectivity index (χ0n) is 8.68. The maximum absolute atomic E-state index is 8.85. The first-order chi connectivity index (χ1) is 7.83. The SMILES string of the molecule is CNc1cc(C#N)nc(-c2cccnc2)n1. The Kier molecular flexibility index (Phi) is 2.74. The molecule has 5 nitrogen and oxygen atoms in total. The molecule has 0 aliphatic heterocycles. The van der Waals surface area contributed by atoms with E-state index in [2.05, 4.69) is 20.3 Å². The minimum atomic E-state index is 0.332. The van der Waals surface area contributed by atoms with Gasteiger partial charge < -0.3 is 5.32 Å². The topological polar surface area (TPSA) is 74.5 Å². The third-order valence-corrected chi connectivity index (χ3v) is 2.02. The molecule has 2 aromatic rings. The summed E-state index contributed by atoms with van der Waals surface area (Å²) in [6, 6.07) is 7.25. The van der Waals surface area contributed by atoms with Crippen LogP contribution in [0.2, 0.25) is 0 Å². The minimum absolute atomic E-state index is 0.332. The van der Waals surface area contributed by atoms with Crippen LogP contribution in [0.1, 0.15) is 5.69 Å². The van der Waals surface area contributed by atoms with Crippen LogP contribution < -0.4 is 5.32 Å². The fraction of sp³-hybridized carbons (Fsp3) is 0.0909. The summed E-state index contributed by atoms with van der Waals surface area (Å²) in [4.78, 5) is 12.4. The molecule has 2 rings (SSSR count). The predicted molar refractivity (Wildman–Crippen MR) is 59.5 cm³/mol. The molecule has 1 N–H and O–H groups in total. The van der Waals surface area contributed by atoms with Crippen molar-refractivity contribution in [2.75, 3.05) is 12.4 Å². The Hall–Kier alpha value is -2.48. The number of nitrogens with zero attached hydrogens (tertiary/aromatic N) is 4. The number of hydrogen-bond donors (Lipinski definition) is 1. The maximum atomic E-state index is 8.85.